The van der Waals surface area contributed by atoms with Crippen LogP contribution < -0.4 is 15.2 Å². The van der Waals surface area contributed by atoms with Gasteiger partial charge >= 0.3 is 6.18 Å². The number of halogens is 3. The fourth-order valence-electron chi connectivity index (χ4n) is 6.56. The lowest BCUT2D eigenvalue weighted by Gasteiger charge is -2.27. The second-order valence-corrected chi connectivity index (χ2v) is 14.8. The molecular weight excluding hydrogens is 597 g/mol. The van der Waals surface area contributed by atoms with Crippen LogP contribution in [0.15, 0.2) is 47.3 Å². The first-order valence-corrected chi connectivity index (χ1v) is 16.7. The highest BCUT2D eigenvalue weighted by molar-refractivity contribution is 7.90. The Labute approximate surface area is 255 Å². The monoisotopic (exact) mass is 638 g/mol. The summed E-state index contributed by atoms with van der Waals surface area (Å²) in [5.74, 6) is 0.306. The molecule has 2 atom stereocenters. The Morgan fingerprint density at radius 1 is 1.20 bits per heavy atom. The van der Waals surface area contributed by atoms with E-state index >= 15 is 0 Å². The normalized spacial score (nSPS) is 26.1. The summed E-state index contributed by atoms with van der Waals surface area (Å²) in [5.41, 5.74) is 4.92. The first-order valence-electron chi connectivity index (χ1n) is 15.2. The fraction of sp³-hybridized carbons (Fsp3) is 0.633. The average Bonchev–Trinajstić information content (AvgIpc) is 3.25. The maximum Gasteiger partial charge on any atom is 0.394 e. The quantitative estimate of drug-likeness (QED) is 0.307. The van der Waals surface area contributed by atoms with Crippen LogP contribution in [-0.2, 0) is 21.4 Å². The van der Waals surface area contributed by atoms with Crippen molar-refractivity contribution < 1.29 is 31.1 Å². The predicted molar refractivity (Wildman–Crippen MR) is 157 cm³/mol. The van der Waals surface area contributed by atoms with E-state index in [4.69, 9.17) is 10.5 Å². The Bertz CT molecular complexity index is 1520. The summed E-state index contributed by atoms with van der Waals surface area (Å²) >= 11 is 0. The van der Waals surface area contributed by atoms with Crippen molar-refractivity contribution in [1.29, 1.82) is 0 Å². The van der Waals surface area contributed by atoms with Crippen LogP contribution in [0.3, 0.4) is 0 Å². The molecule has 2 aliphatic carbocycles. The number of nitrogens with zero attached hydrogens (tertiary/aromatic N) is 4. The number of hydrogen-bond acceptors (Lipinski definition) is 7. The third-order valence-electron chi connectivity index (χ3n) is 9.45. The summed E-state index contributed by atoms with van der Waals surface area (Å²) in [6.07, 6.45) is 7.88. The van der Waals surface area contributed by atoms with E-state index in [1.165, 1.54) is 22.9 Å². The smallest absolute Gasteiger partial charge is 0.394 e. The minimum Gasteiger partial charge on any atom is -0.477 e. The lowest BCUT2D eigenvalue weighted by molar-refractivity contribution is -0.189. The van der Waals surface area contributed by atoms with Gasteiger partial charge in [0, 0.05) is 30.6 Å². The van der Waals surface area contributed by atoms with Gasteiger partial charge in [0.1, 0.15) is 5.82 Å². The molecule has 2 saturated carbocycles. The van der Waals surface area contributed by atoms with Crippen molar-refractivity contribution in [1.82, 2.24) is 24.3 Å². The molecule has 2 aromatic rings. The molecule has 2 unspecified atom stereocenters. The number of aryl methyl sites for hydroxylation is 1. The Balaban J connectivity index is 1.30. The molecule has 0 aromatic carbocycles. The van der Waals surface area contributed by atoms with Crippen LogP contribution in [0.1, 0.15) is 78.1 Å². The second-order valence-electron chi connectivity index (χ2n) is 13.2. The van der Waals surface area contributed by atoms with Crippen molar-refractivity contribution in [3.63, 3.8) is 0 Å². The summed E-state index contributed by atoms with van der Waals surface area (Å²) in [4.78, 5) is 13.4. The predicted octanol–water partition coefficient (Wildman–Crippen LogP) is 5.40. The number of nitrogens with two attached hydrogens (primary N) is 1. The number of sulfonamides is 1. The van der Waals surface area contributed by atoms with Crippen LogP contribution in [0, 0.1) is 22.7 Å². The van der Waals surface area contributed by atoms with Crippen molar-refractivity contribution in [3.05, 3.63) is 42.3 Å². The number of rotatable bonds is 7. The van der Waals surface area contributed by atoms with Crippen LogP contribution >= 0.6 is 0 Å². The number of amides is 1. The van der Waals surface area contributed by atoms with Crippen molar-refractivity contribution in [2.45, 2.75) is 95.8 Å². The SMILES string of the molecule is CC1(C)CC2CCCCn3ccc(n3)S(=O)(=O)NC(=O)/C(=C/C=C(\N)n3ccc(OCCCC4(C(F)(F)F)CC4)n3)CC1C2. The number of ether oxygens (including phenoxy) is 1. The molecular formula is C30H41F3N6O4S. The minimum atomic E-state index is -4.19. The van der Waals surface area contributed by atoms with Gasteiger partial charge in [0.05, 0.1) is 12.0 Å². The van der Waals surface area contributed by atoms with Crippen molar-refractivity contribution in [2.24, 2.45) is 28.4 Å². The summed E-state index contributed by atoms with van der Waals surface area (Å²) in [6.45, 7) is 5.09. The van der Waals surface area contributed by atoms with E-state index < -0.39 is 27.5 Å². The standard InChI is InChI=1S/C30H41F3N6O4S/c1-28(2)20-21-6-3-4-14-38-15-10-26(36-38)44(41,42)37-27(40)22(19-23(28)18-21)7-8-24(34)39-16-9-25(35-39)43-17-5-11-29(12-13-29)30(31,32)33/h7-10,15-16,21,23H,3-6,11-14,17-20,34H2,1-2H3,(H,37,40)/b22-7+,24-8+. The first kappa shape index (κ1) is 32.1. The van der Waals surface area contributed by atoms with Gasteiger partial charge in [0.15, 0.2) is 5.03 Å². The van der Waals surface area contributed by atoms with Gasteiger partial charge < -0.3 is 10.5 Å². The maximum atomic E-state index is 13.4. The Hall–Kier alpha value is -3.29. The molecule has 5 rings (SSSR count). The Kier molecular flexibility index (Phi) is 8.94. The van der Waals surface area contributed by atoms with Crippen molar-refractivity contribution in [3.8, 4) is 5.88 Å². The topological polar surface area (TPSA) is 134 Å². The van der Waals surface area contributed by atoms with E-state index in [1.54, 1.807) is 23.1 Å². The van der Waals surface area contributed by atoms with Gasteiger partial charge in [-0.25, -0.2) is 9.40 Å². The summed E-state index contributed by atoms with van der Waals surface area (Å²) in [5, 5.41) is 8.18. The lowest BCUT2D eigenvalue weighted by Crippen LogP contribution is -2.33. The zero-order valence-corrected chi connectivity index (χ0v) is 26.0. The number of nitrogens with one attached hydrogen (secondary N) is 1. The highest BCUT2D eigenvalue weighted by atomic mass is 32.2. The molecule has 242 valence electrons. The molecule has 3 aliphatic rings. The van der Waals surface area contributed by atoms with Crippen LogP contribution in [0.2, 0.25) is 0 Å². The third-order valence-corrected chi connectivity index (χ3v) is 10.7. The summed E-state index contributed by atoms with van der Waals surface area (Å²) in [7, 11) is -4.19. The molecule has 1 aliphatic heterocycles. The largest absolute Gasteiger partial charge is 0.477 e. The minimum absolute atomic E-state index is 0.0189. The summed E-state index contributed by atoms with van der Waals surface area (Å²) < 4.78 is 76.1. The van der Waals surface area contributed by atoms with Crippen LogP contribution in [0.4, 0.5) is 13.2 Å². The van der Waals surface area contributed by atoms with Crippen LogP contribution in [0.25, 0.3) is 5.82 Å². The highest BCUT2D eigenvalue weighted by Crippen LogP contribution is 2.60. The molecule has 2 aromatic heterocycles. The van der Waals surface area contributed by atoms with Gasteiger partial charge in [-0.2, -0.15) is 26.7 Å². The van der Waals surface area contributed by atoms with Gasteiger partial charge in [-0.15, -0.1) is 5.10 Å². The molecule has 4 bridgehead atoms. The highest BCUT2D eigenvalue weighted by Gasteiger charge is 2.62. The van der Waals surface area contributed by atoms with Gasteiger partial charge in [-0.05, 0) is 86.8 Å². The number of fused-ring (bicyclic) bond motifs is 4. The second kappa shape index (κ2) is 12.2. The Morgan fingerprint density at radius 2 is 1.98 bits per heavy atom. The molecule has 0 saturated heterocycles. The van der Waals surface area contributed by atoms with Crippen LogP contribution in [0.5, 0.6) is 5.88 Å². The maximum absolute atomic E-state index is 13.4. The number of carbonyl (C=O) groups excluding carboxylic acids is 1. The Morgan fingerprint density at radius 3 is 2.70 bits per heavy atom. The number of allylic oxidation sites excluding steroid dienone is 2. The third kappa shape index (κ3) is 7.32. The van der Waals surface area contributed by atoms with E-state index in [2.05, 4.69) is 28.8 Å². The van der Waals surface area contributed by atoms with Crippen LogP contribution in [-0.4, -0.2) is 46.7 Å². The number of hydrogen-bond donors (Lipinski definition) is 2. The van der Waals surface area contributed by atoms with E-state index in [1.807, 2.05) is 0 Å². The zero-order valence-electron chi connectivity index (χ0n) is 25.1. The molecule has 3 N–H and O–H groups in total. The van der Waals surface area contributed by atoms with Gasteiger partial charge in [0.25, 0.3) is 15.9 Å². The molecule has 1 amide bonds. The van der Waals surface area contributed by atoms with Crippen molar-refractivity contribution in [2.75, 3.05) is 6.61 Å². The molecule has 0 spiro atoms. The number of aromatic nitrogens is 4. The van der Waals surface area contributed by atoms with Gasteiger partial charge in [-0.1, -0.05) is 26.7 Å². The molecule has 3 heterocycles. The molecule has 44 heavy (non-hydrogen) atoms. The molecule has 2 fully saturated rings. The molecule has 14 heteroatoms. The van der Waals surface area contributed by atoms with Crippen molar-refractivity contribution >= 4 is 21.8 Å². The number of alkyl halides is 3. The average molecular weight is 639 g/mol. The fourth-order valence-corrected chi connectivity index (χ4v) is 7.49. The first-order chi connectivity index (χ1) is 20.7. The molecule has 10 nitrogen and oxygen atoms in total. The lowest BCUT2D eigenvalue weighted by atomic mass is 9.78. The van der Waals surface area contributed by atoms with E-state index in [9.17, 15) is 26.4 Å². The zero-order chi connectivity index (χ0) is 31.8. The van der Waals surface area contributed by atoms with E-state index in [0.29, 0.717) is 18.9 Å². The molecule has 0 radical (unpaired) electrons. The van der Waals surface area contributed by atoms with E-state index in [0.717, 1.165) is 32.1 Å². The van der Waals surface area contributed by atoms with E-state index in [-0.39, 0.29) is 65.9 Å². The van der Waals surface area contributed by atoms with Gasteiger partial charge in [-0.3, -0.25) is 9.48 Å². The summed E-state index contributed by atoms with van der Waals surface area (Å²) in [6, 6.07) is 2.93. The number of carbonyl (C=O) groups is 1. The van der Waals surface area contributed by atoms with Gasteiger partial charge in [0.2, 0.25) is 5.88 Å².